The van der Waals surface area contributed by atoms with E-state index in [9.17, 15) is 9.18 Å². The lowest BCUT2D eigenvalue weighted by molar-refractivity contribution is 0.0566. The van der Waals surface area contributed by atoms with Crippen molar-refractivity contribution in [3.8, 4) is 11.3 Å². The molecule has 1 amide bonds. The summed E-state index contributed by atoms with van der Waals surface area (Å²) in [6.45, 7) is 1.49. The van der Waals surface area contributed by atoms with Crippen molar-refractivity contribution in [3.05, 3.63) is 60.5 Å². The van der Waals surface area contributed by atoms with Crippen LogP contribution in [0.1, 0.15) is 29.8 Å². The van der Waals surface area contributed by atoms with Gasteiger partial charge in [-0.1, -0.05) is 17.3 Å². The average Bonchev–Trinajstić information content (AvgIpc) is 3.57. The number of H-pyrrole nitrogens is 1. The first-order chi connectivity index (χ1) is 15.7. The van der Waals surface area contributed by atoms with Crippen LogP contribution in [0.25, 0.3) is 22.3 Å². The average molecular weight is 432 g/mol. The van der Waals surface area contributed by atoms with Gasteiger partial charge in [0.1, 0.15) is 29.3 Å². The van der Waals surface area contributed by atoms with Crippen molar-refractivity contribution in [1.29, 1.82) is 0 Å². The molecule has 8 nitrogen and oxygen atoms in total. The third-order valence-electron chi connectivity index (χ3n) is 6.52. The zero-order valence-corrected chi connectivity index (χ0v) is 17.2. The van der Waals surface area contributed by atoms with E-state index < -0.39 is 0 Å². The van der Waals surface area contributed by atoms with Gasteiger partial charge < -0.3 is 19.3 Å². The Bertz CT molecular complexity index is 1300. The smallest absolute Gasteiger partial charge is 0.292 e. The number of hydrogen-bond acceptors (Lipinski definition) is 6. The summed E-state index contributed by atoms with van der Waals surface area (Å²) >= 11 is 0. The molecule has 0 aliphatic carbocycles. The summed E-state index contributed by atoms with van der Waals surface area (Å²) in [4.78, 5) is 29.5. The lowest BCUT2D eigenvalue weighted by Crippen LogP contribution is -2.52. The van der Waals surface area contributed by atoms with Crippen molar-refractivity contribution in [1.82, 2.24) is 25.0 Å². The van der Waals surface area contributed by atoms with Crippen molar-refractivity contribution in [3.63, 3.8) is 0 Å². The van der Waals surface area contributed by atoms with E-state index in [1.54, 1.807) is 24.5 Å². The third-order valence-corrected chi connectivity index (χ3v) is 6.52. The highest BCUT2D eigenvalue weighted by molar-refractivity contribution is 5.93. The molecule has 2 saturated heterocycles. The number of nitrogens with zero attached hydrogens (tertiary/aromatic N) is 5. The monoisotopic (exact) mass is 432 g/mol. The van der Waals surface area contributed by atoms with E-state index >= 15 is 0 Å². The molecule has 2 aliphatic rings. The third kappa shape index (κ3) is 3.04. The lowest BCUT2D eigenvalue weighted by atomic mass is 9.96. The number of carbonyl (C=O) groups excluding carboxylic acids is 1. The fourth-order valence-electron chi connectivity index (χ4n) is 5.09. The molecule has 9 heteroatoms. The van der Waals surface area contributed by atoms with Crippen molar-refractivity contribution in [2.75, 3.05) is 18.0 Å². The van der Waals surface area contributed by atoms with E-state index in [0.717, 1.165) is 42.7 Å². The maximum atomic E-state index is 13.6. The van der Waals surface area contributed by atoms with Gasteiger partial charge in [0, 0.05) is 30.9 Å². The molecule has 0 unspecified atom stereocenters. The van der Waals surface area contributed by atoms with E-state index in [1.165, 1.54) is 12.1 Å². The Balaban J connectivity index is 1.26. The summed E-state index contributed by atoms with van der Waals surface area (Å²) in [5.74, 6) is 0.556. The van der Waals surface area contributed by atoms with Crippen LogP contribution in [0.4, 0.5) is 10.2 Å². The Hall–Kier alpha value is -3.75. The minimum absolute atomic E-state index is 0.0722. The number of anilines is 1. The predicted molar refractivity (Wildman–Crippen MR) is 116 cm³/mol. The zero-order valence-electron chi connectivity index (χ0n) is 17.2. The quantitative estimate of drug-likeness (QED) is 0.532. The van der Waals surface area contributed by atoms with E-state index in [4.69, 9.17) is 4.52 Å². The molecule has 6 rings (SSSR count). The van der Waals surface area contributed by atoms with Gasteiger partial charge in [-0.3, -0.25) is 4.79 Å². The number of rotatable bonds is 3. The van der Waals surface area contributed by atoms with Crippen LogP contribution in [0, 0.1) is 5.82 Å². The van der Waals surface area contributed by atoms with Crippen LogP contribution in [-0.2, 0) is 0 Å². The number of aromatic nitrogens is 4. The van der Waals surface area contributed by atoms with Gasteiger partial charge in [-0.15, -0.1) is 0 Å². The number of hydrogen-bond donors (Lipinski definition) is 1. The fraction of sp³-hybridized carbons (Fsp3) is 0.304. The number of fused-ring (bicyclic) bond motifs is 2. The minimum atomic E-state index is -0.357. The van der Waals surface area contributed by atoms with Gasteiger partial charge in [0.05, 0.1) is 17.5 Å². The van der Waals surface area contributed by atoms with E-state index in [0.29, 0.717) is 17.8 Å². The molecule has 2 atom stereocenters. The van der Waals surface area contributed by atoms with Gasteiger partial charge in [-0.2, -0.15) is 0 Å². The molecule has 1 aromatic carbocycles. The summed E-state index contributed by atoms with van der Waals surface area (Å²) in [5.41, 5.74) is 1.84. The minimum Gasteiger partial charge on any atom is -0.351 e. The van der Waals surface area contributed by atoms with E-state index in [1.807, 2.05) is 17.2 Å². The number of benzene rings is 1. The summed E-state index contributed by atoms with van der Waals surface area (Å²) in [5, 5.41) is 4.99. The summed E-state index contributed by atoms with van der Waals surface area (Å²) in [7, 11) is 0. The van der Waals surface area contributed by atoms with Crippen LogP contribution >= 0.6 is 0 Å². The van der Waals surface area contributed by atoms with Crippen molar-refractivity contribution in [2.45, 2.75) is 31.3 Å². The molecule has 3 aromatic heterocycles. The van der Waals surface area contributed by atoms with Crippen LogP contribution in [0.15, 0.2) is 53.4 Å². The van der Waals surface area contributed by atoms with Gasteiger partial charge in [0.2, 0.25) is 5.76 Å². The summed E-state index contributed by atoms with van der Waals surface area (Å²) in [6, 6.07) is 9.94. The lowest BCUT2D eigenvalue weighted by Gasteiger charge is -2.39. The van der Waals surface area contributed by atoms with Gasteiger partial charge in [-0.05, 0) is 37.5 Å². The second kappa shape index (κ2) is 7.44. The Morgan fingerprint density at radius 2 is 2.06 bits per heavy atom. The fourth-order valence-corrected chi connectivity index (χ4v) is 5.09. The summed E-state index contributed by atoms with van der Waals surface area (Å²) < 4.78 is 18.9. The van der Waals surface area contributed by atoms with Crippen LogP contribution in [0.2, 0.25) is 0 Å². The molecule has 2 aliphatic heterocycles. The molecule has 0 saturated carbocycles. The number of amides is 1. The van der Waals surface area contributed by atoms with Crippen LogP contribution in [0.5, 0.6) is 0 Å². The van der Waals surface area contributed by atoms with Crippen LogP contribution in [0.3, 0.4) is 0 Å². The molecular weight excluding hydrogens is 411 g/mol. The topological polar surface area (TPSA) is 91.2 Å². The highest BCUT2D eigenvalue weighted by atomic mass is 19.1. The number of carbonyl (C=O) groups is 1. The first kappa shape index (κ1) is 19.0. The second-order valence-corrected chi connectivity index (χ2v) is 8.28. The standard InChI is InChI=1S/C23H21FN6O2/c24-15-4-1-3-14(11-15)17-12-20(32-28-17)23(31)30-9-2-5-18-19(30)7-10-29(18)22-16-6-8-25-21(16)26-13-27-22/h1,3-4,6,8,11-13,18-19H,2,5,7,9-10H2,(H,25,26,27)/t18-,19-/m1/s1. The molecular formula is C23H21FN6O2. The van der Waals surface area contributed by atoms with Crippen LogP contribution < -0.4 is 4.90 Å². The SMILES string of the molecule is O=C(c1cc(-c2cccc(F)c2)no1)N1CCC[C@@H]2[C@H]1CCN2c1ncnc2[nH]ccc12. The molecule has 1 N–H and O–H groups in total. The molecule has 0 bridgehead atoms. The van der Waals surface area contributed by atoms with Crippen molar-refractivity contribution >= 4 is 22.8 Å². The Labute approximate surface area is 183 Å². The molecule has 4 aromatic rings. The first-order valence-electron chi connectivity index (χ1n) is 10.8. The van der Waals surface area contributed by atoms with Crippen LogP contribution in [-0.4, -0.2) is 56.1 Å². The van der Waals surface area contributed by atoms with Gasteiger partial charge in [-0.25, -0.2) is 14.4 Å². The molecule has 2 fully saturated rings. The van der Waals surface area contributed by atoms with E-state index in [-0.39, 0.29) is 29.6 Å². The molecule has 162 valence electrons. The Morgan fingerprint density at radius 3 is 2.97 bits per heavy atom. The number of likely N-dealkylation sites (tertiary alicyclic amines) is 1. The van der Waals surface area contributed by atoms with E-state index in [2.05, 4.69) is 25.0 Å². The maximum absolute atomic E-state index is 13.6. The molecule has 0 radical (unpaired) electrons. The molecule has 32 heavy (non-hydrogen) atoms. The Kier molecular flexibility index (Phi) is 4.41. The highest BCUT2D eigenvalue weighted by Crippen LogP contribution is 2.36. The van der Waals surface area contributed by atoms with Gasteiger partial charge in [0.15, 0.2) is 0 Å². The van der Waals surface area contributed by atoms with Gasteiger partial charge >= 0.3 is 0 Å². The summed E-state index contributed by atoms with van der Waals surface area (Å²) in [6.07, 6.45) is 6.20. The maximum Gasteiger partial charge on any atom is 0.292 e. The number of halogens is 1. The molecule has 5 heterocycles. The number of piperidine rings is 1. The van der Waals surface area contributed by atoms with Crippen molar-refractivity contribution in [2.24, 2.45) is 0 Å². The first-order valence-corrected chi connectivity index (χ1v) is 10.8. The zero-order chi connectivity index (χ0) is 21.7. The highest BCUT2D eigenvalue weighted by Gasteiger charge is 2.43. The number of aromatic amines is 1. The predicted octanol–water partition coefficient (Wildman–Crippen LogP) is 3.64. The number of nitrogens with one attached hydrogen (secondary N) is 1. The molecule has 0 spiro atoms. The van der Waals surface area contributed by atoms with Gasteiger partial charge in [0.25, 0.3) is 5.91 Å². The normalized spacial score (nSPS) is 20.7. The largest absolute Gasteiger partial charge is 0.351 e. The Morgan fingerprint density at radius 1 is 1.12 bits per heavy atom. The second-order valence-electron chi connectivity index (χ2n) is 8.28. The van der Waals surface area contributed by atoms with Crippen molar-refractivity contribution < 1.29 is 13.7 Å².